The summed E-state index contributed by atoms with van der Waals surface area (Å²) in [5.74, 6) is 0.742. The number of amides is 1. The van der Waals surface area contributed by atoms with Crippen molar-refractivity contribution in [1.29, 1.82) is 0 Å². The van der Waals surface area contributed by atoms with Gasteiger partial charge in [0.15, 0.2) is 5.82 Å². The van der Waals surface area contributed by atoms with Crippen molar-refractivity contribution in [3.8, 4) is 0 Å². The number of aromatic nitrogens is 2. The summed E-state index contributed by atoms with van der Waals surface area (Å²) in [6.07, 6.45) is 7.56. The van der Waals surface area contributed by atoms with Gasteiger partial charge < -0.3 is 26.0 Å². The molecule has 5 N–H and O–H groups in total. The summed E-state index contributed by atoms with van der Waals surface area (Å²) < 4.78 is 4.98. The predicted molar refractivity (Wildman–Crippen MR) is 171 cm³/mol. The van der Waals surface area contributed by atoms with Gasteiger partial charge in [-0.3, -0.25) is 19.5 Å². The summed E-state index contributed by atoms with van der Waals surface area (Å²) in [6.45, 7) is 12.8. The van der Waals surface area contributed by atoms with Gasteiger partial charge in [0.25, 0.3) is 5.91 Å². The Kier molecular flexibility index (Phi) is 8.85. The smallest absolute Gasteiger partial charge is 0.315 e. The second kappa shape index (κ2) is 12.4. The number of fused-ring (bicyclic) bond motifs is 1. The van der Waals surface area contributed by atoms with Gasteiger partial charge in [0.05, 0.1) is 29.7 Å². The summed E-state index contributed by atoms with van der Waals surface area (Å²) in [4.78, 5) is 37.1. The van der Waals surface area contributed by atoms with Crippen LogP contribution in [0.3, 0.4) is 0 Å². The molecule has 0 spiro atoms. The van der Waals surface area contributed by atoms with E-state index in [9.17, 15) is 9.59 Å². The van der Waals surface area contributed by atoms with Gasteiger partial charge in [-0.25, -0.2) is 10.4 Å². The number of esters is 1. The average molecular weight is 604 g/mol. The molecule has 0 saturated carbocycles. The van der Waals surface area contributed by atoms with Crippen LogP contribution < -0.4 is 31.7 Å². The van der Waals surface area contributed by atoms with Gasteiger partial charge in [0.1, 0.15) is 6.17 Å². The fraction of sp³-hybridized carbons (Fsp3) is 0.500. The summed E-state index contributed by atoms with van der Waals surface area (Å²) >= 11 is 0. The monoisotopic (exact) mass is 603 g/mol. The van der Waals surface area contributed by atoms with Crippen molar-refractivity contribution in [2.24, 2.45) is 0 Å². The quantitative estimate of drug-likeness (QED) is 0.257. The summed E-state index contributed by atoms with van der Waals surface area (Å²) in [5.41, 5.74) is 6.69. The third-order valence-electron chi connectivity index (χ3n) is 8.86. The van der Waals surface area contributed by atoms with Gasteiger partial charge in [-0.1, -0.05) is 12.1 Å². The van der Waals surface area contributed by atoms with E-state index in [1.165, 1.54) is 20.0 Å². The highest BCUT2D eigenvalue weighted by molar-refractivity contribution is 5.96. The molecular weight excluding hydrogens is 558 g/mol. The zero-order valence-electron chi connectivity index (χ0n) is 26.7. The molecule has 0 aliphatic carbocycles. The Labute approximate surface area is 259 Å². The molecule has 1 amide bonds. The Hall–Kier alpha value is -4.16. The number of rotatable bonds is 10. The highest BCUT2D eigenvalue weighted by Gasteiger charge is 2.33. The molecule has 2 unspecified atom stereocenters. The van der Waals surface area contributed by atoms with Crippen LogP contribution in [0, 0.1) is 0 Å². The number of hydrogen-bond acceptors (Lipinski definition) is 11. The number of carbonyl (C=O) groups is 2. The van der Waals surface area contributed by atoms with Crippen LogP contribution in [-0.2, 0) is 19.7 Å². The molecule has 44 heavy (non-hydrogen) atoms. The van der Waals surface area contributed by atoms with E-state index in [1.807, 2.05) is 63.2 Å². The van der Waals surface area contributed by atoms with Gasteiger partial charge >= 0.3 is 5.97 Å². The molecule has 5 rings (SSSR count). The molecule has 3 aliphatic rings. The van der Waals surface area contributed by atoms with E-state index in [1.54, 1.807) is 12.4 Å². The van der Waals surface area contributed by atoms with Crippen LogP contribution in [0.1, 0.15) is 64.8 Å². The van der Waals surface area contributed by atoms with Crippen LogP contribution in [0.2, 0.25) is 0 Å². The molecule has 236 valence electrons. The first-order chi connectivity index (χ1) is 20.9. The lowest BCUT2D eigenvalue weighted by Crippen LogP contribution is -2.44. The topological polar surface area (TPSA) is 136 Å². The van der Waals surface area contributed by atoms with E-state index >= 15 is 0 Å². The zero-order valence-corrected chi connectivity index (χ0v) is 26.7. The van der Waals surface area contributed by atoms with E-state index in [2.05, 4.69) is 50.4 Å². The second-order valence-corrected chi connectivity index (χ2v) is 12.8. The van der Waals surface area contributed by atoms with Crippen LogP contribution in [0.15, 0.2) is 54.0 Å². The van der Waals surface area contributed by atoms with Crippen LogP contribution in [-0.4, -0.2) is 72.1 Å². The first-order valence-corrected chi connectivity index (χ1v) is 15.2. The van der Waals surface area contributed by atoms with Gasteiger partial charge in [-0.05, 0) is 77.8 Å². The first-order valence-electron chi connectivity index (χ1n) is 15.2. The Bertz CT molecular complexity index is 1470. The summed E-state index contributed by atoms with van der Waals surface area (Å²) in [6, 6.07) is 7.57. The molecular formula is C32H45N9O3. The van der Waals surface area contributed by atoms with Crippen molar-refractivity contribution in [1.82, 2.24) is 36.2 Å². The summed E-state index contributed by atoms with van der Waals surface area (Å²) in [7, 11) is 3.29. The molecule has 1 aromatic carbocycles. The average Bonchev–Trinajstić information content (AvgIpc) is 3.50. The number of dihydropyridines is 1. The van der Waals surface area contributed by atoms with Gasteiger partial charge in [0.2, 0.25) is 5.95 Å². The van der Waals surface area contributed by atoms with E-state index in [4.69, 9.17) is 9.72 Å². The molecule has 0 radical (unpaired) electrons. The minimum absolute atomic E-state index is 0.0171. The molecule has 1 fully saturated rings. The normalized spacial score (nSPS) is 21.1. The molecule has 12 heteroatoms. The minimum Gasteiger partial charge on any atom is -0.468 e. The second-order valence-electron chi connectivity index (χ2n) is 12.8. The number of ether oxygens (including phenoxy) is 1. The molecule has 12 nitrogen and oxygen atoms in total. The number of methoxy groups -OCH3 is 1. The zero-order chi connectivity index (χ0) is 31.6. The lowest BCUT2D eigenvalue weighted by molar-refractivity contribution is -0.146. The lowest BCUT2D eigenvalue weighted by atomic mass is 9.84. The third kappa shape index (κ3) is 6.51. The van der Waals surface area contributed by atoms with Gasteiger partial charge in [-0.15, -0.1) is 0 Å². The Morgan fingerprint density at radius 3 is 2.77 bits per heavy atom. The standard InChI is InChI=1S/C32H45N9O3/c1-20-25(16-21(18-34-20)28(42)33-13-15-41-14-9-12-31(41,2)3)37-26-24-19-35-30(38-27(24)40(6)39-26)36-23-11-8-10-22(17-23)32(4,5)29(43)44-7/h8,10-11,16-20,26,34,37,39H,9,12-15H2,1-7H3,(H,33,42)(H,35,36,38). The van der Waals surface area contributed by atoms with E-state index in [0.717, 1.165) is 41.4 Å². The van der Waals surface area contributed by atoms with E-state index in [-0.39, 0.29) is 29.6 Å². The highest BCUT2D eigenvalue weighted by atomic mass is 16.5. The fourth-order valence-corrected chi connectivity index (χ4v) is 5.92. The molecule has 0 bridgehead atoms. The van der Waals surface area contributed by atoms with Crippen LogP contribution in [0.5, 0.6) is 0 Å². The number of nitrogens with one attached hydrogen (secondary N) is 5. The Balaban J connectivity index is 1.24. The largest absolute Gasteiger partial charge is 0.468 e. The van der Waals surface area contributed by atoms with Crippen LogP contribution >= 0.6 is 0 Å². The van der Waals surface area contributed by atoms with Crippen molar-refractivity contribution in [2.75, 3.05) is 44.1 Å². The SMILES string of the molecule is COC(=O)C(C)(C)c1cccc(Nc2ncc3c(n2)N(C)NC3NC2=CC(C(=O)NCCN3CCCC3(C)C)=CNC2C)c1. The number of carbonyl (C=O) groups excluding carboxylic acids is 2. The van der Waals surface area contributed by atoms with Crippen molar-refractivity contribution in [2.45, 2.75) is 70.6 Å². The van der Waals surface area contributed by atoms with Gasteiger partial charge in [-0.2, -0.15) is 4.98 Å². The maximum absolute atomic E-state index is 13.0. The lowest BCUT2D eigenvalue weighted by Gasteiger charge is -2.31. The maximum Gasteiger partial charge on any atom is 0.315 e. The van der Waals surface area contributed by atoms with Crippen molar-refractivity contribution >= 4 is 29.3 Å². The predicted octanol–water partition coefficient (Wildman–Crippen LogP) is 2.96. The molecule has 1 saturated heterocycles. The van der Waals surface area contributed by atoms with Crippen LogP contribution in [0.25, 0.3) is 0 Å². The third-order valence-corrected chi connectivity index (χ3v) is 8.86. The highest BCUT2D eigenvalue weighted by Crippen LogP contribution is 2.32. The van der Waals surface area contributed by atoms with E-state index in [0.29, 0.717) is 18.1 Å². The number of hydrazine groups is 1. The van der Waals surface area contributed by atoms with Gasteiger partial charge in [0, 0.05) is 49.5 Å². The van der Waals surface area contributed by atoms with Crippen LogP contribution in [0.4, 0.5) is 17.5 Å². The molecule has 3 aliphatic heterocycles. The molecule has 2 aromatic rings. The number of hydrogen-bond donors (Lipinski definition) is 5. The van der Waals surface area contributed by atoms with Crippen molar-refractivity contribution in [3.63, 3.8) is 0 Å². The number of likely N-dealkylation sites (tertiary alicyclic amines) is 1. The van der Waals surface area contributed by atoms with Crippen molar-refractivity contribution < 1.29 is 14.3 Å². The maximum atomic E-state index is 13.0. The fourth-order valence-electron chi connectivity index (χ4n) is 5.92. The Morgan fingerprint density at radius 1 is 1.25 bits per heavy atom. The minimum atomic E-state index is -0.797. The van der Waals surface area contributed by atoms with E-state index < -0.39 is 5.41 Å². The molecule has 4 heterocycles. The van der Waals surface area contributed by atoms with Crippen molar-refractivity contribution in [3.05, 3.63) is 65.1 Å². The summed E-state index contributed by atoms with van der Waals surface area (Å²) in [5, 5.41) is 15.0. The Morgan fingerprint density at radius 2 is 2.05 bits per heavy atom. The number of anilines is 3. The number of benzene rings is 1. The molecule has 2 atom stereocenters. The first kappa shape index (κ1) is 31.3. The number of nitrogens with zero attached hydrogens (tertiary/aromatic N) is 4. The molecule has 1 aromatic heterocycles.